The first-order valence-electron chi connectivity index (χ1n) is 8.90. The number of nitrogens with zero attached hydrogens (tertiary/aromatic N) is 3. The molecular formula is C17H16Cl2F3N3O6. The fraction of sp³-hybridized carbons (Fsp3) is 0.471. The molecule has 1 unspecified atom stereocenters. The molecule has 2 aliphatic rings. The van der Waals surface area contributed by atoms with E-state index in [1.54, 1.807) is 0 Å². The average Bonchev–Trinajstić information content (AvgIpc) is 3.18. The molecule has 1 fully saturated rings. The van der Waals surface area contributed by atoms with Crippen LogP contribution in [-0.2, 0) is 14.4 Å². The van der Waals surface area contributed by atoms with Crippen molar-refractivity contribution in [2.75, 3.05) is 19.9 Å². The van der Waals surface area contributed by atoms with Crippen LogP contribution in [0.3, 0.4) is 0 Å². The number of fused-ring (bicyclic) bond motifs is 1. The van der Waals surface area contributed by atoms with Crippen molar-refractivity contribution in [2.24, 2.45) is 5.28 Å². The molecule has 0 aliphatic carbocycles. The summed E-state index contributed by atoms with van der Waals surface area (Å²) in [5.41, 5.74) is -0.800. The summed E-state index contributed by atoms with van der Waals surface area (Å²) in [6.07, 6.45) is -5.42. The minimum absolute atomic E-state index is 0.0605. The monoisotopic (exact) mass is 485 g/mol. The second-order valence-electron chi connectivity index (χ2n) is 6.60. The van der Waals surface area contributed by atoms with Gasteiger partial charge in [0.2, 0.25) is 11.4 Å². The topological polar surface area (TPSA) is 107 Å². The van der Waals surface area contributed by atoms with E-state index < -0.39 is 36.7 Å². The molecule has 0 amide bonds. The van der Waals surface area contributed by atoms with E-state index >= 15 is 0 Å². The maximum atomic E-state index is 13.4. The minimum atomic E-state index is -4.95. The Morgan fingerprint density at radius 1 is 1.42 bits per heavy atom. The van der Waals surface area contributed by atoms with E-state index in [4.69, 9.17) is 27.9 Å². The summed E-state index contributed by atoms with van der Waals surface area (Å²) >= 11 is 11.7. The van der Waals surface area contributed by atoms with E-state index in [1.165, 1.54) is 17.1 Å². The number of alkyl halides is 3. The van der Waals surface area contributed by atoms with Gasteiger partial charge in [0.05, 0.1) is 28.7 Å². The average molecular weight is 486 g/mol. The molecule has 0 bridgehead atoms. The van der Waals surface area contributed by atoms with Crippen molar-refractivity contribution < 1.29 is 42.4 Å². The normalized spacial score (nSPS) is 21.3. The lowest BCUT2D eigenvalue weighted by Gasteiger charge is -2.28. The van der Waals surface area contributed by atoms with E-state index in [0.717, 1.165) is 6.08 Å². The number of carbonyl (C=O) groups is 1. The Morgan fingerprint density at radius 2 is 2.16 bits per heavy atom. The van der Waals surface area contributed by atoms with Crippen molar-refractivity contribution >= 4 is 35.2 Å². The second kappa shape index (κ2) is 9.37. The predicted octanol–water partition coefficient (Wildman–Crippen LogP) is 3.47. The van der Waals surface area contributed by atoms with Crippen LogP contribution in [0.4, 0.5) is 13.2 Å². The zero-order valence-electron chi connectivity index (χ0n) is 15.6. The summed E-state index contributed by atoms with van der Waals surface area (Å²) in [7, 11) is 0. The van der Waals surface area contributed by atoms with Crippen LogP contribution in [0.5, 0.6) is 5.75 Å². The number of hydrazine groups is 1. The van der Waals surface area contributed by atoms with Gasteiger partial charge in [-0.15, -0.1) is 5.01 Å². The Hall–Kier alpha value is -2.44. The molecule has 1 aromatic carbocycles. The maximum absolute atomic E-state index is 13.4. The first-order chi connectivity index (χ1) is 14.6. The standard InChI is InChI=1S/C17H16Cl2F3N3O6/c18-10-4-9-5-12(15(17(20,21)22)31-14(9)13(19)6-10)16(27)29-8-30-23-25(28)24-3-1-2-11(24)7-26/h4-6,11,15,26H,1-3,7-8H2/t11-,15?/m0/s1. The highest BCUT2D eigenvalue weighted by Crippen LogP contribution is 2.42. The highest BCUT2D eigenvalue weighted by Gasteiger charge is 2.49. The van der Waals surface area contributed by atoms with Crippen molar-refractivity contribution in [1.82, 2.24) is 5.01 Å². The number of hydrogen-bond acceptors (Lipinski definition) is 7. The lowest BCUT2D eigenvalue weighted by atomic mass is 10.0. The number of carbonyl (C=O) groups excluding carboxylic acids is 1. The Kier molecular flexibility index (Phi) is 7.02. The quantitative estimate of drug-likeness (QED) is 0.164. The van der Waals surface area contributed by atoms with Crippen molar-refractivity contribution in [3.05, 3.63) is 38.5 Å². The molecule has 0 radical (unpaired) electrons. The number of halogens is 5. The number of aliphatic hydroxyl groups excluding tert-OH is 1. The van der Waals surface area contributed by atoms with Gasteiger partial charge < -0.3 is 24.6 Å². The van der Waals surface area contributed by atoms with Crippen LogP contribution >= 0.6 is 23.2 Å². The molecule has 9 nitrogen and oxygen atoms in total. The predicted molar refractivity (Wildman–Crippen MR) is 99.8 cm³/mol. The molecule has 2 atom stereocenters. The molecule has 1 aromatic rings. The molecule has 14 heteroatoms. The van der Waals surface area contributed by atoms with Gasteiger partial charge >= 0.3 is 12.1 Å². The van der Waals surface area contributed by atoms with Crippen molar-refractivity contribution in [3.63, 3.8) is 0 Å². The fourth-order valence-corrected chi connectivity index (χ4v) is 3.71. The molecule has 1 saturated heterocycles. The van der Waals surface area contributed by atoms with Crippen molar-refractivity contribution in [3.8, 4) is 5.75 Å². The number of benzene rings is 1. The molecule has 1 N–H and O–H groups in total. The lowest BCUT2D eigenvalue weighted by Crippen LogP contribution is -2.41. The highest BCUT2D eigenvalue weighted by atomic mass is 35.5. The number of esters is 1. The van der Waals surface area contributed by atoms with Crippen LogP contribution in [0.2, 0.25) is 10.0 Å². The van der Waals surface area contributed by atoms with Gasteiger partial charge in [0, 0.05) is 10.6 Å². The van der Waals surface area contributed by atoms with Crippen LogP contribution < -0.4 is 4.74 Å². The third-order valence-electron chi connectivity index (χ3n) is 4.55. The molecular weight excluding hydrogens is 470 g/mol. The van der Waals surface area contributed by atoms with E-state index in [9.17, 15) is 28.3 Å². The third-order valence-corrected chi connectivity index (χ3v) is 5.05. The van der Waals surface area contributed by atoms with Crippen LogP contribution in [0.15, 0.2) is 23.0 Å². The molecule has 31 heavy (non-hydrogen) atoms. The van der Waals surface area contributed by atoms with Gasteiger partial charge in [0.25, 0.3) is 6.79 Å². The molecule has 3 rings (SSSR count). The molecule has 0 spiro atoms. The van der Waals surface area contributed by atoms with Gasteiger partial charge in [-0.3, -0.25) is 0 Å². The number of ether oxygens (including phenoxy) is 2. The maximum Gasteiger partial charge on any atom is 0.430 e. The summed E-state index contributed by atoms with van der Waals surface area (Å²) in [5.74, 6) is -1.67. The Labute approximate surface area is 183 Å². The zero-order valence-corrected chi connectivity index (χ0v) is 17.2. The molecule has 2 aliphatic heterocycles. The summed E-state index contributed by atoms with van der Waals surface area (Å²) in [6.45, 7) is -0.852. The summed E-state index contributed by atoms with van der Waals surface area (Å²) < 4.78 is 49.8. The molecule has 2 heterocycles. The van der Waals surface area contributed by atoms with E-state index in [1.807, 2.05) is 0 Å². The Balaban J connectivity index is 1.70. The zero-order chi connectivity index (χ0) is 22.8. The van der Waals surface area contributed by atoms with E-state index in [0.29, 0.717) is 19.4 Å². The SMILES string of the molecule is O=C(OCON=[N+]([O-])N1CCC[C@H]1CO)C1=Cc2cc(Cl)cc(Cl)c2OC1C(F)(F)F. The van der Waals surface area contributed by atoms with Crippen molar-refractivity contribution in [1.29, 1.82) is 0 Å². The van der Waals surface area contributed by atoms with Crippen LogP contribution in [0.1, 0.15) is 18.4 Å². The third kappa shape index (κ3) is 5.25. The van der Waals surface area contributed by atoms with Crippen molar-refractivity contribution in [2.45, 2.75) is 31.2 Å². The largest absolute Gasteiger partial charge is 0.569 e. The van der Waals surface area contributed by atoms with E-state index in [-0.39, 0.29) is 32.9 Å². The van der Waals surface area contributed by atoms with Gasteiger partial charge in [0.15, 0.2) is 0 Å². The van der Waals surface area contributed by atoms with Gasteiger partial charge in [0.1, 0.15) is 11.8 Å². The minimum Gasteiger partial charge on any atom is -0.569 e. The van der Waals surface area contributed by atoms with Gasteiger partial charge in [-0.05, 0) is 31.1 Å². The van der Waals surface area contributed by atoms with E-state index in [2.05, 4.69) is 14.9 Å². The first kappa shape index (κ1) is 23.2. The fourth-order valence-electron chi connectivity index (χ4n) is 3.16. The Morgan fingerprint density at radius 3 is 2.84 bits per heavy atom. The molecule has 0 aromatic heterocycles. The summed E-state index contributed by atoms with van der Waals surface area (Å²) in [4.78, 5) is 16.9. The van der Waals surface area contributed by atoms with Crippen LogP contribution in [0, 0.1) is 5.21 Å². The van der Waals surface area contributed by atoms with Crippen LogP contribution in [-0.4, -0.2) is 59.3 Å². The lowest BCUT2D eigenvalue weighted by molar-refractivity contribution is -0.715. The molecule has 170 valence electrons. The first-order valence-corrected chi connectivity index (χ1v) is 9.66. The van der Waals surface area contributed by atoms with Crippen LogP contribution in [0.25, 0.3) is 6.08 Å². The van der Waals surface area contributed by atoms with Gasteiger partial charge in [-0.1, -0.05) is 23.2 Å². The summed E-state index contributed by atoms with van der Waals surface area (Å²) in [6, 6.07) is 2.05. The highest BCUT2D eigenvalue weighted by molar-refractivity contribution is 6.36. The second-order valence-corrected chi connectivity index (χ2v) is 7.44. The number of aliphatic hydroxyl groups is 1. The summed E-state index contributed by atoms with van der Waals surface area (Å²) in [5, 5.41) is 25.4. The molecule has 0 saturated carbocycles. The number of hydrogen-bond donors (Lipinski definition) is 1. The smallest absolute Gasteiger partial charge is 0.430 e. The number of rotatable bonds is 6. The van der Waals surface area contributed by atoms with Gasteiger partial charge in [-0.2, -0.15) is 13.2 Å². The Bertz CT molecular complexity index is 912. The van der Waals surface area contributed by atoms with Gasteiger partial charge in [-0.25, -0.2) is 4.79 Å².